The van der Waals surface area contributed by atoms with Gasteiger partial charge in [-0.15, -0.1) is 0 Å². The maximum Gasteiger partial charge on any atom is 0.258 e. The zero-order valence-electron chi connectivity index (χ0n) is 11.5. The van der Waals surface area contributed by atoms with Gasteiger partial charge in [-0.25, -0.2) is 0 Å². The SMILES string of the molecule is c1ccc(-c2nc(-c3cncc(-c4cn[nH]c4)c3)no2)cc1. The van der Waals surface area contributed by atoms with Gasteiger partial charge in [0, 0.05) is 40.8 Å². The van der Waals surface area contributed by atoms with E-state index in [-0.39, 0.29) is 0 Å². The number of aromatic nitrogens is 5. The Labute approximate surface area is 125 Å². The summed E-state index contributed by atoms with van der Waals surface area (Å²) in [5.41, 5.74) is 3.59. The second-order valence-corrected chi connectivity index (χ2v) is 4.74. The zero-order valence-corrected chi connectivity index (χ0v) is 11.5. The van der Waals surface area contributed by atoms with Gasteiger partial charge in [0.05, 0.1) is 6.20 Å². The molecule has 22 heavy (non-hydrogen) atoms. The van der Waals surface area contributed by atoms with Gasteiger partial charge in [-0.2, -0.15) is 10.1 Å². The van der Waals surface area contributed by atoms with Crippen molar-refractivity contribution in [3.8, 4) is 34.0 Å². The third-order valence-electron chi connectivity index (χ3n) is 3.27. The fourth-order valence-corrected chi connectivity index (χ4v) is 2.17. The summed E-state index contributed by atoms with van der Waals surface area (Å²) in [5.74, 6) is 1.00. The van der Waals surface area contributed by atoms with Crippen LogP contribution in [-0.4, -0.2) is 25.3 Å². The number of hydrogen-bond donors (Lipinski definition) is 1. The summed E-state index contributed by atoms with van der Waals surface area (Å²) >= 11 is 0. The minimum Gasteiger partial charge on any atom is -0.334 e. The Kier molecular flexibility index (Phi) is 2.97. The van der Waals surface area contributed by atoms with Gasteiger partial charge in [-0.3, -0.25) is 10.1 Å². The first kappa shape index (κ1) is 12.5. The van der Waals surface area contributed by atoms with Crippen molar-refractivity contribution in [3.05, 3.63) is 61.2 Å². The monoisotopic (exact) mass is 289 g/mol. The predicted molar refractivity (Wildman–Crippen MR) is 80.5 cm³/mol. The molecule has 6 nitrogen and oxygen atoms in total. The average molecular weight is 289 g/mol. The maximum atomic E-state index is 5.33. The van der Waals surface area contributed by atoms with Crippen molar-refractivity contribution in [1.82, 2.24) is 25.3 Å². The fraction of sp³-hybridized carbons (Fsp3) is 0. The third-order valence-corrected chi connectivity index (χ3v) is 3.27. The highest BCUT2D eigenvalue weighted by atomic mass is 16.5. The van der Waals surface area contributed by atoms with E-state index in [9.17, 15) is 0 Å². The van der Waals surface area contributed by atoms with Gasteiger partial charge in [0.25, 0.3) is 5.89 Å². The van der Waals surface area contributed by atoms with E-state index in [1.807, 2.05) is 42.6 Å². The Morgan fingerprint density at radius 3 is 2.55 bits per heavy atom. The molecule has 1 N–H and O–H groups in total. The molecule has 0 fully saturated rings. The molecule has 0 bridgehead atoms. The summed E-state index contributed by atoms with van der Waals surface area (Å²) in [6, 6.07) is 11.6. The Bertz CT molecular complexity index is 884. The fourth-order valence-electron chi connectivity index (χ4n) is 2.17. The molecule has 0 unspecified atom stereocenters. The molecule has 106 valence electrons. The molecule has 4 aromatic rings. The lowest BCUT2D eigenvalue weighted by atomic mass is 10.1. The molecular weight excluding hydrogens is 278 g/mol. The van der Waals surface area contributed by atoms with Crippen molar-refractivity contribution in [1.29, 1.82) is 0 Å². The molecule has 4 rings (SSSR count). The highest BCUT2D eigenvalue weighted by molar-refractivity contribution is 5.68. The summed E-state index contributed by atoms with van der Waals surface area (Å²) in [4.78, 5) is 8.67. The second kappa shape index (κ2) is 5.25. The van der Waals surface area contributed by atoms with Gasteiger partial charge in [-0.05, 0) is 18.2 Å². The average Bonchev–Trinajstić information content (AvgIpc) is 3.28. The van der Waals surface area contributed by atoms with Crippen molar-refractivity contribution in [3.63, 3.8) is 0 Å². The van der Waals surface area contributed by atoms with E-state index in [1.54, 1.807) is 18.6 Å². The minimum absolute atomic E-state index is 0.490. The molecule has 0 aliphatic heterocycles. The van der Waals surface area contributed by atoms with Crippen LogP contribution in [0.15, 0.2) is 65.7 Å². The lowest BCUT2D eigenvalue weighted by Crippen LogP contribution is -1.85. The minimum atomic E-state index is 0.490. The molecule has 0 atom stereocenters. The number of H-pyrrole nitrogens is 1. The van der Waals surface area contributed by atoms with E-state index in [1.165, 1.54) is 0 Å². The molecule has 0 spiro atoms. The van der Waals surface area contributed by atoms with Crippen LogP contribution >= 0.6 is 0 Å². The van der Waals surface area contributed by atoms with Crippen LogP contribution in [-0.2, 0) is 0 Å². The van der Waals surface area contributed by atoms with Crippen LogP contribution in [0.5, 0.6) is 0 Å². The summed E-state index contributed by atoms with van der Waals surface area (Å²) < 4.78 is 5.33. The van der Waals surface area contributed by atoms with E-state index >= 15 is 0 Å². The number of aromatic amines is 1. The van der Waals surface area contributed by atoms with E-state index in [2.05, 4.69) is 25.3 Å². The maximum absolute atomic E-state index is 5.33. The number of pyridine rings is 1. The summed E-state index contributed by atoms with van der Waals surface area (Å²) in [6.45, 7) is 0. The molecule has 3 aromatic heterocycles. The largest absolute Gasteiger partial charge is 0.334 e. The van der Waals surface area contributed by atoms with Gasteiger partial charge in [-0.1, -0.05) is 23.4 Å². The molecular formula is C16H11N5O. The predicted octanol–water partition coefficient (Wildman–Crippen LogP) is 3.19. The van der Waals surface area contributed by atoms with Gasteiger partial charge >= 0.3 is 0 Å². The Balaban J connectivity index is 1.71. The van der Waals surface area contributed by atoms with Gasteiger partial charge in [0.15, 0.2) is 0 Å². The summed E-state index contributed by atoms with van der Waals surface area (Å²) in [7, 11) is 0. The molecule has 1 aromatic carbocycles. The standard InChI is InChI=1S/C16H11N5O/c1-2-4-11(5-3-1)16-20-15(21-22-16)13-6-12(7-17-8-13)14-9-18-19-10-14/h1-10H,(H,18,19). The van der Waals surface area contributed by atoms with E-state index in [0.29, 0.717) is 11.7 Å². The van der Waals surface area contributed by atoms with Crippen molar-refractivity contribution in [2.75, 3.05) is 0 Å². The van der Waals surface area contributed by atoms with Gasteiger partial charge in [0.2, 0.25) is 5.82 Å². The number of hydrogen-bond acceptors (Lipinski definition) is 5. The normalized spacial score (nSPS) is 10.7. The van der Waals surface area contributed by atoms with E-state index in [4.69, 9.17) is 4.52 Å². The zero-order chi connectivity index (χ0) is 14.8. The van der Waals surface area contributed by atoms with Crippen molar-refractivity contribution in [2.24, 2.45) is 0 Å². The van der Waals surface area contributed by atoms with Gasteiger partial charge < -0.3 is 4.52 Å². The molecule has 0 aliphatic rings. The first-order valence-electron chi connectivity index (χ1n) is 6.74. The lowest BCUT2D eigenvalue weighted by Gasteiger charge is -1.98. The van der Waals surface area contributed by atoms with Crippen LogP contribution in [0.25, 0.3) is 34.0 Å². The molecule has 0 saturated heterocycles. The first-order valence-corrected chi connectivity index (χ1v) is 6.74. The van der Waals surface area contributed by atoms with Crippen LogP contribution in [0.3, 0.4) is 0 Å². The Morgan fingerprint density at radius 2 is 1.73 bits per heavy atom. The highest BCUT2D eigenvalue weighted by Gasteiger charge is 2.11. The number of rotatable bonds is 3. The first-order chi connectivity index (χ1) is 10.9. The summed E-state index contributed by atoms with van der Waals surface area (Å²) in [6.07, 6.45) is 7.04. The topological polar surface area (TPSA) is 80.5 Å². The molecule has 0 aliphatic carbocycles. The molecule has 0 amide bonds. The molecule has 0 radical (unpaired) electrons. The van der Waals surface area contributed by atoms with Crippen molar-refractivity contribution >= 4 is 0 Å². The number of nitrogens with zero attached hydrogens (tertiary/aromatic N) is 4. The van der Waals surface area contributed by atoms with E-state index < -0.39 is 0 Å². The van der Waals surface area contributed by atoms with Gasteiger partial charge in [0.1, 0.15) is 0 Å². The second-order valence-electron chi connectivity index (χ2n) is 4.74. The number of benzene rings is 1. The number of nitrogens with one attached hydrogen (secondary N) is 1. The molecule has 3 heterocycles. The Hall–Kier alpha value is -3.28. The summed E-state index contributed by atoms with van der Waals surface area (Å²) in [5, 5.41) is 10.8. The molecule has 6 heteroatoms. The quantitative estimate of drug-likeness (QED) is 0.626. The van der Waals surface area contributed by atoms with Crippen molar-refractivity contribution in [2.45, 2.75) is 0 Å². The van der Waals surface area contributed by atoms with Crippen LogP contribution in [0.1, 0.15) is 0 Å². The lowest BCUT2D eigenvalue weighted by molar-refractivity contribution is 0.432. The van der Waals surface area contributed by atoms with Crippen molar-refractivity contribution < 1.29 is 4.52 Å². The van der Waals surface area contributed by atoms with Crippen LogP contribution in [0, 0.1) is 0 Å². The highest BCUT2D eigenvalue weighted by Crippen LogP contribution is 2.25. The van der Waals surface area contributed by atoms with Crippen LogP contribution in [0.4, 0.5) is 0 Å². The Morgan fingerprint density at radius 1 is 0.864 bits per heavy atom. The smallest absolute Gasteiger partial charge is 0.258 e. The third kappa shape index (κ3) is 2.26. The van der Waals surface area contributed by atoms with Crippen LogP contribution < -0.4 is 0 Å². The molecule has 0 saturated carbocycles. The van der Waals surface area contributed by atoms with E-state index in [0.717, 1.165) is 22.3 Å². The van der Waals surface area contributed by atoms with Crippen LogP contribution in [0.2, 0.25) is 0 Å².